The van der Waals surface area contributed by atoms with Gasteiger partial charge in [0.25, 0.3) is 0 Å². The van der Waals surface area contributed by atoms with E-state index in [1.807, 2.05) is 18.7 Å². The van der Waals surface area contributed by atoms with Gasteiger partial charge >= 0.3 is 6.09 Å². The van der Waals surface area contributed by atoms with Gasteiger partial charge in [-0.2, -0.15) is 0 Å². The Morgan fingerprint density at radius 1 is 1.41 bits per heavy atom. The van der Waals surface area contributed by atoms with Gasteiger partial charge in [0.2, 0.25) is 5.91 Å². The SMILES string of the molecule is COC(=O)N[C@H](C(=O)N1CC[C@H](C)C1)C(C)C. The molecule has 17 heavy (non-hydrogen) atoms. The number of methoxy groups -OCH3 is 1. The molecule has 1 aliphatic heterocycles. The molecular formula is C12H22N2O3. The molecule has 5 heteroatoms. The van der Waals surface area contributed by atoms with Crippen LogP contribution in [0.1, 0.15) is 27.2 Å². The number of amides is 2. The number of rotatable bonds is 3. The van der Waals surface area contributed by atoms with Crippen LogP contribution >= 0.6 is 0 Å². The largest absolute Gasteiger partial charge is 0.453 e. The molecule has 0 aromatic carbocycles. The van der Waals surface area contributed by atoms with Gasteiger partial charge in [-0.25, -0.2) is 4.79 Å². The zero-order chi connectivity index (χ0) is 13.0. The van der Waals surface area contributed by atoms with Crippen LogP contribution in [0.5, 0.6) is 0 Å². The summed E-state index contributed by atoms with van der Waals surface area (Å²) in [6, 6.07) is -0.493. The van der Waals surface area contributed by atoms with E-state index in [1.165, 1.54) is 7.11 Å². The van der Waals surface area contributed by atoms with Crippen molar-refractivity contribution >= 4 is 12.0 Å². The molecule has 1 rings (SSSR count). The van der Waals surface area contributed by atoms with E-state index in [9.17, 15) is 9.59 Å². The number of nitrogens with zero attached hydrogens (tertiary/aromatic N) is 1. The molecule has 1 aliphatic rings. The highest BCUT2D eigenvalue weighted by atomic mass is 16.5. The quantitative estimate of drug-likeness (QED) is 0.810. The van der Waals surface area contributed by atoms with Crippen molar-refractivity contribution in [3.8, 4) is 0 Å². The van der Waals surface area contributed by atoms with Crippen LogP contribution in [0, 0.1) is 11.8 Å². The van der Waals surface area contributed by atoms with Crippen molar-refractivity contribution in [2.24, 2.45) is 11.8 Å². The fourth-order valence-electron chi connectivity index (χ4n) is 2.03. The Bertz CT molecular complexity index is 291. The fraction of sp³-hybridized carbons (Fsp3) is 0.833. The van der Waals surface area contributed by atoms with Gasteiger partial charge in [-0.05, 0) is 18.3 Å². The number of hydrogen-bond acceptors (Lipinski definition) is 3. The van der Waals surface area contributed by atoms with Gasteiger partial charge in [-0.1, -0.05) is 20.8 Å². The maximum Gasteiger partial charge on any atom is 0.407 e. The summed E-state index contributed by atoms with van der Waals surface area (Å²) in [5, 5.41) is 2.61. The molecule has 0 radical (unpaired) electrons. The summed E-state index contributed by atoms with van der Waals surface area (Å²) in [6.45, 7) is 7.53. The molecule has 0 aromatic rings. The number of ether oxygens (including phenoxy) is 1. The first-order valence-electron chi connectivity index (χ1n) is 6.09. The van der Waals surface area contributed by atoms with Crippen LogP contribution in [0.4, 0.5) is 4.79 Å². The minimum Gasteiger partial charge on any atom is -0.453 e. The van der Waals surface area contributed by atoms with Crippen molar-refractivity contribution in [3.63, 3.8) is 0 Å². The minimum atomic E-state index is -0.552. The summed E-state index contributed by atoms with van der Waals surface area (Å²) in [7, 11) is 1.30. The summed E-state index contributed by atoms with van der Waals surface area (Å²) in [5.74, 6) is 0.595. The molecule has 2 amide bonds. The fourth-order valence-corrected chi connectivity index (χ4v) is 2.03. The van der Waals surface area contributed by atoms with Crippen molar-refractivity contribution < 1.29 is 14.3 Å². The van der Waals surface area contributed by atoms with Crippen LogP contribution in [0.3, 0.4) is 0 Å². The van der Waals surface area contributed by atoms with E-state index in [-0.39, 0.29) is 11.8 Å². The van der Waals surface area contributed by atoms with Crippen molar-refractivity contribution in [2.75, 3.05) is 20.2 Å². The van der Waals surface area contributed by atoms with Gasteiger partial charge < -0.3 is 15.0 Å². The number of carbonyl (C=O) groups is 2. The van der Waals surface area contributed by atoms with Gasteiger partial charge in [0.15, 0.2) is 0 Å². The third-order valence-electron chi connectivity index (χ3n) is 3.13. The Hall–Kier alpha value is -1.26. The summed E-state index contributed by atoms with van der Waals surface area (Å²) < 4.78 is 4.54. The maximum atomic E-state index is 12.2. The monoisotopic (exact) mass is 242 g/mol. The highest BCUT2D eigenvalue weighted by Crippen LogP contribution is 2.17. The van der Waals surface area contributed by atoms with E-state index in [4.69, 9.17) is 0 Å². The van der Waals surface area contributed by atoms with Crippen LogP contribution in [-0.2, 0) is 9.53 Å². The van der Waals surface area contributed by atoms with Gasteiger partial charge in [0.05, 0.1) is 7.11 Å². The molecule has 0 aromatic heterocycles. The number of likely N-dealkylation sites (tertiary alicyclic amines) is 1. The molecule has 1 saturated heterocycles. The Kier molecular flexibility index (Phi) is 4.78. The summed E-state index contributed by atoms with van der Waals surface area (Å²) in [5.41, 5.74) is 0. The van der Waals surface area contributed by atoms with Gasteiger partial charge in [-0.3, -0.25) is 4.79 Å². The molecule has 98 valence electrons. The number of hydrogen-bond donors (Lipinski definition) is 1. The molecule has 2 atom stereocenters. The second-order valence-electron chi connectivity index (χ2n) is 5.04. The molecule has 0 aliphatic carbocycles. The predicted octanol–water partition coefficient (Wildman–Crippen LogP) is 1.24. The van der Waals surface area contributed by atoms with Crippen molar-refractivity contribution in [3.05, 3.63) is 0 Å². The number of alkyl carbamates (subject to hydrolysis) is 1. The average molecular weight is 242 g/mol. The predicted molar refractivity (Wildman–Crippen MR) is 64.5 cm³/mol. The Morgan fingerprint density at radius 2 is 2.06 bits per heavy atom. The number of carbonyl (C=O) groups excluding carboxylic acids is 2. The van der Waals surface area contributed by atoms with E-state index < -0.39 is 12.1 Å². The van der Waals surface area contributed by atoms with E-state index in [1.54, 1.807) is 0 Å². The average Bonchev–Trinajstić information content (AvgIpc) is 2.71. The lowest BCUT2D eigenvalue weighted by Crippen LogP contribution is -2.50. The Labute approximate surface area is 102 Å². The standard InChI is InChI=1S/C12H22N2O3/c1-8(2)10(13-12(16)17-4)11(15)14-6-5-9(3)7-14/h8-10H,5-7H2,1-4H3,(H,13,16)/t9-,10-/m0/s1. The van der Waals surface area contributed by atoms with Crippen molar-refractivity contribution in [1.29, 1.82) is 0 Å². The van der Waals surface area contributed by atoms with Gasteiger partial charge in [0, 0.05) is 13.1 Å². The highest BCUT2D eigenvalue weighted by Gasteiger charge is 2.32. The Morgan fingerprint density at radius 3 is 2.47 bits per heavy atom. The van der Waals surface area contributed by atoms with Crippen molar-refractivity contribution in [1.82, 2.24) is 10.2 Å². The van der Waals surface area contributed by atoms with Crippen LogP contribution in [0.25, 0.3) is 0 Å². The molecule has 1 N–H and O–H groups in total. The van der Waals surface area contributed by atoms with Gasteiger partial charge in [0.1, 0.15) is 6.04 Å². The normalized spacial score (nSPS) is 21.5. The molecule has 0 bridgehead atoms. The number of nitrogens with one attached hydrogen (secondary N) is 1. The first-order valence-corrected chi connectivity index (χ1v) is 6.09. The molecular weight excluding hydrogens is 220 g/mol. The second kappa shape index (κ2) is 5.89. The third kappa shape index (κ3) is 3.61. The van der Waals surface area contributed by atoms with E-state index >= 15 is 0 Å². The maximum absolute atomic E-state index is 12.2. The minimum absolute atomic E-state index is 0.00486. The van der Waals surface area contributed by atoms with E-state index in [0.29, 0.717) is 5.92 Å². The zero-order valence-corrected chi connectivity index (χ0v) is 11.0. The second-order valence-corrected chi connectivity index (χ2v) is 5.04. The molecule has 1 fully saturated rings. The van der Waals surface area contributed by atoms with E-state index in [0.717, 1.165) is 19.5 Å². The van der Waals surface area contributed by atoms with Crippen molar-refractivity contribution in [2.45, 2.75) is 33.2 Å². The first kappa shape index (κ1) is 13.8. The van der Waals surface area contributed by atoms with Crippen LogP contribution in [0.15, 0.2) is 0 Å². The third-order valence-corrected chi connectivity index (χ3v) is 3.13. The van der Waals surface area contributed by atoms with Crippen LogP contribution < -0.4 is 5.32 Å². The molecule has 0 saturated carbocycles. The topological polar surface area (TPSA) is 58.6 Å². The van der Waals surface area contributed by atoms with Gasteiger partial charge in [-0.15, -0.1) is 0 Å². The smallest absolute Gasteiger partial charge is 0.407 e. The lowest BCUT2D eigenvalue weighted by molar-refractivity contribution is -0.133. The van der Waals surface area contributed by atoms with Crippen LogP contribution in [0.2, 0.25) is 0 Å². The molecule has 1 heterocycles. The lowest BCUT2D eigenvalue weighted by Gasteiger charge is -2.26. The molecule has 0 spiro atoms. The van der Waals surface area contributed by atoms with E-state index in [2.05, 4.69) is 17.0 Å². The summed E-state index contributed by atoms with van der Waals surface area (Å²) in [6.07, 6.45) is 0.485. The first-order chi connectivity index (χ1) is 7.95. The highest BCUT2D eigenvalue weighted by molar-refractivity contribution is 5.86. The summed E-state index contributed by atoms with van der Waals surface area (Å²) >= 11 is 0. The Balaban J connectivity index is 2.63. The van der Waals surface area contributed by atoms with Crippen LogP contribution in [-0.4, -0.2) is 43.1 Å². The molecule has 0 unspecified atom stereocenters. The lowest BCUT2D eigenvalue weighted by atomic mass is 10.0. The molecule has 5 nitrogen and oxygen atoms in total. The zero-order valence-electron chi connectivity index (χ0n) is 11.0. The summed E-state index contributed by atoms with van der Waals surface area (Å²) in [4.78, 5) is 25.3.